The lowest BCUT2D eigenvalue weighted by Gasteiger charge is -2.16. The number of anilines is 1. The number of likely N-dealkylation sites (N-methyl/N-ethyl adjacent to an activating group) is 1. The highest BCUT2D eigenvalue weighted by molar-refractivity contribution is 6.30. The summed E-state index contributed by atoms with van der Waals surface area (Å²) in [5.74, 6) is -0.893. The fourth-order valence-electron chi connectivity index (χ4n) is 2.51. The molecule has 5 nitrogen and oxygen atoms in total. The molecule has 2 amide bonds. The van der Waals surface area contributed by atoms with E-state index in [4.69, 9.17) is 11.6 Å². The minimum absolute atomic E-state index is 0.00191. The second kappa shape index (κ2) is 9.57. The number of nitrogens with one attached hydrogen (secondary N) is 3. The van der Waals surface area contributed by atoms with E-state index in [1.807, 2.05) is 0 Å². The summed E-state index contributed by atoms with van der Waals surface area (Å²) in [5.41, 5.74) is -0.349. The largest absolute Gasteiger partial charge is 0.418 e. The molecule has 0 aliphatic rings. The maximum atomic E-state index is 13.0. The van der Waals surface area contributed by atoms with E-state index in [0.29, 0.717) is 16.5 Å². The van der Waals surface area contributed by atoms with Crippen molar-refractivity contribution in [3.05, 3.63) is 64.7 Å². The Morgan fingerprint density at radius 1 is 1.00 bits per heavy atom. The summed E-state index contributed by atoms with van der Waals surface area (Å²) >= 11 is 5.79. The molecular formula is C19H20ClF3N3O2+. The zero-order chi connectivity index (χ0) is 20.7. The Balaban J connectivity index is 1.82. The zero-order valence-corrected chi connectivity index (χ0v) is 15.8. The number of carbonyl (C=O) groups excluding carboxylic acids is 2. The van der Waals surface area contributed by atoms with E-state index in [1.54, 1.807) is 31.3 Å². The average Bonchev–Trinajstić information content (AvgIpc) is 2.60. The monoisotopic (exact) mass is 414 g/mol. The van der Waals surface area contributed by atoms with E-state index in [2.05, 4.69) is 10.6 Å². The number of benzene rings is 2. The number of halogens is 4. The van der Waals surface area contributed by atoms with Crippen molar-refractivity contribution in [3.8, 4) is 0 Å². The molecule has 2 aromatic carbocycles. The lowest BCUT2D eigenvalue weighted by atomic mass is 10.1. The number of amides is 2. The van der Waals surface area contributed by atoms with Crippen molar-refractivity contribution in [2.75, 3.05) is 25.5 Å². The third kappa shape index (κ3) is 6.86. The predicted molar refractivity (Wildman–Crippen MR) is 100.0 cm³/mol. The van der Waals surface area contributed by atoms with Crippen molar-refractivity contribution in [1.29, 1.82) is 0 Å². The first-order valence-corrected chi connectivity index (χ1v) is 8.81. The Hall–Kier alpha value is -2.58. The highest BCUT2D eigenvalue weighted by atomic mass is 35.5. The summed E-state index contributed by atoms with van der Waals surface area (Å²) in [6, 6.07) is 11.7. The molecule has 0 aliphatic heterocycles. The van der Waals surface area contributed by atoms with Crippen LogP contribution in [0.3, 0.4) is 0 Å². The van der Waals surface area contributed by atoms with Gasteiger partial charge >= 0.3 is 6.18 Å². The van der Waals surface area contributed by atoms with E-state index >= 15 is 0 Å². The van der Waals surface area contributed by atoms with Gasteiger partial charge in [-0.1, -0.05) is 35.9 Å². The van der Waals surface area contributed by atoms with Gasteiger partial charge in [0.25, 0.3) is 11.8 Å². The number of alkyl halides is 3. The van der Waals surface area contributed by atoms with Crippen molar-refractivity contribution >= 4 is 29.1 Å². The number of para-hydroxylation sites is 1. The summed E-state index contributed by atoms with van der Waals surface area (Å²) in [5, 5.41) is 5.57. The quantitative estimate of drug-likeness (QED) is 0.650. The van der Waals surface area contributed by atoms with Gasteiger partial charge in [-0.15, -0.1) is 0 Å². The molecule has 0 aromatic heterocycles. The van der Waals surface area contributed by atoms with Crippen molar-refractivity contribution in [2.24, 2.45) is 0 Å². The van der Waals surface area contributed by atoms with Gasteiger partial charge < -0.3 is 15.5 Å². The number of carbonyl (C=O) groups is 2. The second-order valence-corrected chi connectivity index (χ2v) is 6.74. The van der Waals surface area contributed by atoms with E-state index < -0.39 is 17.6 Å². The topological polar surface area (TPSA) is 62.6 Å². The average molecular weight is 415 g/mol. The van der Waals surface area contributed by atoms with Crippen LogP contribution in [0.25, 0.3) is 0 Å². The van der Waals surface area contributed by atoms with Crippen molar-refractivity contribution in [1.82, 2.24) is 5.32 Å². The molecule has 150 valence electrons. The van der Waals surface area contributed by atoms with Crippen molar-refractivity contribution in [2.45, 2.75) is 12.7 Å². The number of quaternary nitrogens is 1. The lowest BCUT2D eigenvalue weighted by molar-refractivity contribution is -0.862. The van der Waals surface area contributed by atoms with E-state index in [0.717, 1.165) is 11.6 Å². The molecule has 0 bridgehead atoms. The van der Waals surface area contributed by atoms with Crippen LogP contribution in [0.1, 0.15) is 11.1 Å². The maximum absolute atomic E-state index is 13.0. The Kier molecular flexibility index (Phi) is 7.42. The van der Waals surface area contributed by atoms with Crippen LogP contribution in [0.15, 0.2) is 48.5 Å². The Bertz CT molecular complexity index is 826. The third-order valence-electron chi connectivity index (χ3n) is 3.83. The summed E-state index contributed by atoms with van der Waals surface area (Å²) in [6.45, 7) is 0.164. The SMILES string of the molecule is C[NH+](CC(=O)NCc1ccc(Cl)cc1)CC(=O)Nc1ccccc1C(F)(F)F. The first kappa shape index (κ1) is 21.7. The molecule has 0 spiro atoms. The molecule has 0 fully saturated rings. The van der Waals surface area contributed by atoms with Crippen LogP contribution in [-0.4, -0.2) is 32.0 Å². The summed E-state index contributed by atoms with van der Waals surface area (Å²) in [6.07, 6.45) is -4.57. The summed E-state index contributed by atoms with van der Waals surface area (Å²) in [7, 11) is 1.61. The molecule has 2 aromatic rings. The minimum atomic E-state index is -4.57. The normalized spacial score (nSPS) is 12.3. The Morgan fingerprint density at radius 3 is 2.25 bits per heavy atom. The van der Waals surface area contributed by atoms with Crippen LogP contribution in [0, 0.1) is 0 Å². The van der Waals surface area contributed by atoms with Gasteiger partial charge in [-0.05, 0) is 29.8 Å². The van der Waals surface area contributed by atoms with Gasteiger partial charge in [-0.3, -0.25) is 9.59 Å². The standard InChI is InChI=1S/C19H19ClF3N3O2/c1-26(11-17(27)24-10-13-6-8-14(20)9-7-13)12-18(28)25-16-5-3-2-4-15(16)19(21,22)23/h2-9H,10-12H2,1H3,(H,24,27)(H,25,28)/p+1. The highest BCUT2D eigenvalue weighted by Crippen LogP contribution is 2.34. The van der Waals surface area contributed by atoms with E-state index in [-0.39, 0.29) is 24.7 Å². The first-order chi connectivity index (χ1) is 13.1. The molecule has 0 saturated carbocycles. The number of hydrogen-bond donors (Lipinski definition) is 3. The summed E-state index contributed by atoms with van der Waals surface area (Å²) in [4.78, 5) is 24.6. The smallest absolute Gasteiger partial charge is 0.347 e. The van der Waals surface area contributed by atoms with Crippen LogP contribution in [0.4, 0.5) is 18.9 Å². The van der Waals surface area contributed by atoms with Crippen molar-refractivity contribution in [3.63, 3.8) is 0 Å². The zero-order valence-electron chi connectivity index (χ0n) is 15.1. The Morgan fingerprint density at radius 2 is 1.61 bits per heavy atom. The molecule has 0 saturated heterocycles. The van der Waals surface area contributed by atoms with Crippen LogP contribution < -0.4 is 15.5 Å². The number of hydrogen-bond acceptors (Lipinski definition) is 2. The molecule has 2 rings (SSSR count). The van der Waals surface area contributed by atoms with Gasteiger partial charge in [0.1, 0.15) is 0 Å². The fraction of sp³-hybridized carbons (Fsp3) is 0.263. The second-order valence-electron chi connectivity index (χ2n) is 6.31. The lowest BCUT2D eigenvalue weighted by Crippen LogP contribution is -3.11. The first-order valence-electron chi connectivity index (χ1n) is 8.43. The molecule has 28 heavy (non-hydrogen) atoms. The number of rotatable bonds is 7. The molecular weight excluding hydrogens is 395 g/mol. The van der Waals surface area contributed by atoms with Crippen LogP contribution in [0.5, 0.6) is 0 Å². The van der Waals surface area contributed by atoms with Gasteiger partial charge in [-0.25, -0.2) is 0 Å². The Labute approximate surface area is 165 Å². The summed E-state index contributed by atoms with van der Waals surface area (Å²) < 4.78 is 38.9. The highest BCUT2D eigenvalue weighted by Gasteiger charge is 2.33. The molecule has 9 heteroatoms. The minimum Gasteiger partial charge on any atom is -0.347 e. The molecule has 1 unspecified atom stereocenters. The van der Waals surface area contributed by atoms with Gasteiger partial charge in [0, 0.05) is 11.6 Å². The van der Waals surface area contributed by atoms with E-state index in [9.17, 15) is 22.8 Å². The fourth-order valence-corrected chi connectivity index (χ4v) is 2.64. The van der Waals surface area contributed by atoms with Gasteiger partial charge in [0.05, 0.1) is 18.3 Å². The van der Waals surface area contributed by atoms with Crippen LogP contribution in [0.2, 0.25) is 5.02 Å². The van der Waals surface area contributed by atoms with Crippen LogP contribution in [-0.2, 0) is 22.3 Å². The van der Waals surface area contributed by atoms with Gasteiger partial charge in [0.2, 0.25) is 0 Å². The molecule has 0 heterocycles. The predicted octanol–water partition coefficient (Wildman–Crippen LogP) is 2.13. The third-order valence-corrected chi connectivity index (χ3v) is 4.09. The maximum Gasteiger partial charge on any atom is 0.418 e. The molecule has 0 radical (unpaired) electrons. The van der Waals surface area contributed by atoms with Crippen LogP contribution >= 0.6 is 11.6 Å². The molecule has 1 atom stereocenters. The van der Waals surface area contributed by atoms with Gasteiger partial charge in [0.15, 0.2) is 13.1 Å². The van der Waals surface area contributed by atoms with Crippen molar-refractivity contribution < 1.29 is 27.7 Å². The van der Waals surface area contributed by atoms with E-state index in [1.165, 1.54) is 18.2 Å². The molecule has 3 N–H and O–H groups in total. The van der Waals surface area contributed by atoms with Gasteiger partial charge in [-0.2, -0.15) is 13.2 Å². The molecule has 0 aliphatic carbocycles.